The summed E-state index contributed by atoms with van der Waals surface area (Å²) in [6.07, 6.45) is 0. The van der Waals surface area contributed by atoms with Crippen molar-refractivity contribution in [2.75, 3.05) is 52.2 Å². The zero-order valence-electron chi connectivity index (χ0n) is 18.0. The maximum Gasteiger partial charge on any atom is 0.242 e. The van der Waals surface area contributed by atoms with E-state index in [-0.39, 0.29) is 12.5 Å². The first kappa shape index (κ1) is 22.1. The van der Waals surface area contributed by atoms with Crippen molar-refractivity contribution in [3.8, 4) is 5.75 Å². The van der Waals surface area contributed by atoms with Crippen molar-refractivity contribution in [1.29, 1.82) is 0 Å². The molecule has 1 amide bonds. The van der Waals surface area contributed by atoms with Gasteiger partial charge >= 0.3 is 0 Å². The third-order valence-electron chi connectivity index (χ3n) is 5.42. The van der Waals surface area contributed by atoms with E-state index in [0.29, 0.717) is 5.11 Å². The van der Waals surface area contributed by atoms with Crippen LogP contribution in [0.2, 0.25) is 0 Å². The zero-order chi connectivity index (χ0) is 21.5. The second-order valence-corrected chi connectivity index (χ2v) is 8.20. The van der Waals surface area contributed by atoms with Crippen molar-refractivity contribution in [2.24, 2.45) is 0 Å². The fourth-order valence-corrected chi connectivity index (χ4v) is 3.81. The topological polar surface area (TPSA) is 49.2 Å². The molecule has 0 bridgehead atoms. The van der Waals surface area contributed by atoms with Crippen LogP contribution in [0.25, 0.3) is 0 Å². The molecule has 0 radical (unpaired) electrons. The van der Waals surface area contributed by atoms with E-state index in [1.54, 1.807) is 12.0 Å². The number of rotatable bonds is 6. The number of benzene rings is 2. The van der Waals surface area contributed by atoms with Gasteiger partial charge in [0.2, 0.25) is 5.91 Å². The SMILES string of the molecule is COc1ccc(NC(=S)N(C)CC(=O)N2CC[NH+](Cc3cccc(C)c3)CC2)cc1. The molecule has 2 N–H and O–H groups in total. The Kier molecular flexibility index (Phi) is 7.65. The number of hydrogen-bond donors (Lipinski definition) is 2. The van der Waals surface area contributed by atoms with Crippen LogP contribution in [0.4, 0.5) is 5.69 Å². The number of methoxy groups -OCH3 is 1. The summed E-state index contributed by atoms with van der Waals surface area (Å²) in [5.41, 5.74) is 3.52. The molecular weight excluding hydrogens is 396 g/mol. The summed E-state index contributed by atoms with van der Waals surface area (Å²) in [4.78, 5) is 18.0. The van der Waals surface area contributed by atoms with Gasteiger partial charge in [-0.1, -0.05) is 29.8 Å². The van der Waals surface area contributed by atoms with Crippen molar-refractivity contribution in [1.82, 2.24) is 9.80 Å². The Morgan fingerprint density at radius 1 is 1.20 bits per heavy atom. The minimum absolute atomic E-state index is 0.117. The van der Waals surface area contributed by atoms with Crippen LogP contribution in [0.15, 0.2) is 48.5 Å². The third-order valence-corrected chi connectivity index (χ3v) is 5.83. The maximum absolute atomic E-state index is 12.7. The van der Waals surface area contributed by atoms with Gasteiger partial charge in [0.25, 0.3) is 0 Å². The van der Waals surface area contributed by atoms with Gasteiger partial charge in [-0.15, -0.1) is 0 Å². The van der Waals surface area contributed by atoms with Gasteiger partial charge in [0.1, 0.15) is 12.3 Å². The number of thiocarbonyl (C=S) groups is 1. The van der Waals surface area contributed by atoms with Crippen LogP contribution in [0.1, 0.15) is 11.1 Å². The van der Waals surface area contributed by atoms with E-state index in [9.17, 15) is 4.79 Å². The molecule has 1 saturated heterocycles. The van der Waals surface area contributed by atoms with Crippen LogP contribution in [0.5, 0.6) is 5.75 Å². The van der Waals surface area contributed by atoms with Crippen LogP contribution >= 0.6 is 12.2 Å². The van der Waals surface area contributed by atoms with E-state index in [2.05, 4.69) is 36.5 Å². The third kappa shape index (κ3) is 6.18. The number of hydrogen-bond acceptors (Lipinski definition) is 3. The highest BCUT2D eigenvalue weighted by molar-refractivity contribution is 7.80. The molecule has 0 spiro atoms. The molecular formula is C23H31N4O2S+. The molecule has 6 nitrogen and oxygen atoms in total. The van der Waals surface area contributed by atoms with Gasteiger partial charge in [-0.05, 0) is 43.4 Å². The van der Waals surface area contributed by atoms with E-state index in [1.165, 1.54) is 16.0 Å². The van der Waals surface area contributed by atoms with Crippen LogP contribution in [-0.2, 0) is 11.3 Å². The highest BCUT2D eigenvalue weighted by Crippen LogP contribution is 2.15. The quantitative estimate of drug-likeness (QED) is 0.686. The minimum atomic E-state index is 0.117. The number of carbonyl (C=O) groups excluding carboxylic acids is 1. The van der Waals surface area contributed by atoms with Gasteiger partial charge in [-0.25, -0.2) is 0 Å². The smallest absolute Gasteiger partial charge is 0.242 e. The highest BCUT2D eigenvalue weighted by atomic mass is 32.1. The number of carbonyl (C=O) groups is 1. The average Bonchev–Trinajstić information content (AvgIpc) is 2.74. The van der Waals surface area contributed by atoms with Gasteiger partial charge in [0.15, 0.2) is 5.11 Å². The number of nitrogens with zero attached hydrogens (tertiary/aromatic N) is 2. The summed E-state index contributed by atoms with van der Waals surface area (Å²) in [6.45, 7) is 6.92. The fraction of sp³-hybridized carbons (Fsp3) is 0.391. The summed E-state index contributed by atoms with van der Waals surface area (Å²) in [6, 6.07) is 16.2. The monoisotopic (exact) mass is 427 g/mol. The van der Waals surface area contributed by atoms with Crippen LogP contribution < -0.4 is 15.0 Å². The predicted molar refractivity (Wildman–Crippen MR) is 124 cm³/mol. The number of quaternary nitrogens is 1. The second-order valence-electron chi connectivity index (χ2n) is 7.81. The molecule has 0 atom stereocenters. The number of likely N-dealkylation sites (N-methyl/N-ethyl adjacent to an activating group) is 1. The van der Waals surface area contributed by atoms with Gasteiger partial charge in [-0.2, -0.15) is 0 Å². The molecule has 7 heteroatoms. The molecule has 2 aromatic rings. The van der Waals surface area contributed by atoms with E-state index in [0.717, 1.165) is 44.2 Å². The second kappa shape index (κ2) is 10.4. The predicted octanol–water partition coefficient (Wildman–Crippen LogP) is 1.56. The Labute approximate surface area is 184 Å². The molecule has 0 saturated carbocycles. The van der Waals surface area contributed by atoms with Crippen LogP contribution in [0, 0.1) is 6.92 Å². The maximum atomic E-state index is 12.7. The average molecular weight is 428 g/mol. The summed E-state index contributed by atoms with van der Waals surface area (Å²) in [7, 11) is 3.48. The normalized spacial score (nSPS) is 14.3. The van der Waals surface area contributed by atoms with Crippen molar-refractivity contribution < 1.29 is 14.4 Å². The lowest BCUT2D eigenvalue weighted by Crippen LogP contribution is -3.13. The molecule has 3 rings (SSSR count). The summed E-state index contributed by atoms with van der Waals surface area (Å²) >= 11 is 5.45. The molecule has 0 aliphatic carbocycles. The Bertz CT molecular complexity index is 864. The molecule has 1 aliphatic rings. The van der Waals surface area contributed by atoms with Gasteiger partial charge in [0.05, 0.1) is 39.8 Å². The van der Waals surface area contributed by atoms with Gasteiger partial charge in [-0.3, -0.25) is 4.79 Å². The van der Waals surface area contributed by atoms with Crippen LogP contribution in [0.3, 0.4) is 0 Å². The summed E-state index contributed by atoms with van der Waals surface area (Å²) in [5, 5.41) is 3.69. The first-order valence-electron chi connectivity index (χ1n) is 10.3. The molecule has 1 aliphatic heterocycles. The van der Waals surface area contributed by atoms with Gasteiger partial charge in [0, 0.05) is 18.3 Å². The van der Waals surface area contributed by atoms with Crippen molar-refractivity contribution in [3.05, 3.63) is 59.7 Å². The van der Waals surface area contributed by atoms with E-state index < -0.39 is 0 Å². The summed E-state index contributed by atoms with van der Waals surface area (Å²) < 4.78 is 5.16. The molecule has 2 aromatic carbocycles. The lowest BCUT2D eigenvalue weighted by Gasteiger charge is -2.33. The van der Waals surface area contributed by atoms with Crippen molar-refractivity contribution >= 4 is 28.9 Å². The van der Waals surface area contributed by atoms with E-state index in [1.807, 2.05) is 36.2 Å². The number of anilines is 1. The highest BCUT2D eigenvalue weighted by Gasteiger charge is 2.24. The largest absolute Gasteiger partial charge is 0.497 e. The Morgan fingerprint density at radius 2 is 1.90 bits per heavy atom. The number of amides is 1. The Morgan fingerprint density at radius 3 is 2.53 bits per heavy atom. The van der Waals surface area contributed by atoms with Crippen LogP contribution in [-0.4, -0.2) is 67.7 Å². The number of aryl methyl sites for hydroxylation is 1. The van der Waals surface area contributed by atoms with E-state index in [4.69, 9.17) is 17.0 Å². The molecule has 1 fully saturated rings. The van der Waals surface area contributed by atoms with Gasteiger partial charge < -0.3 is 24.8 Å². The first-order valence-corrected chi connectivity index (χ1v) is 10.7. The molecule has 160 valence electrons. The zero-order valence-corrected chi connectivity index (χ0v) is 18.8. The molecule has 30 heavy (non-hydrogen) atoms. The fourth-order valence-electron chi connectivity index (χ4n) is 3.63. The Balaban J connectivity index is 1.43. The molecule has 0 aromatic heterocycles. The lowest BCUT2D eigenvalue weighted by molar-refractivity contribution is -0.917. The summed E-state index contributed by atoms with van der Waals surface area (Å²) in [5.74, 6) is 0.907. The number of ether oxygens (including phenoxy) is 1. The van der Waals surface area contributed by atoms with Crippen molar-refractivity contribution in [2.45, 2.75) is 13.5 Å². The first-order chi connectivity index (χ1) is 14.4. The lowest BCUT2D eigenvalue weighted by atomic mass is 10.1. The Hall–Kier alpha value is -2.64. The molecule has 0 unspecified atom stereocenters. The minimum Gasteiger partial charge on any atom is -0.497 e. The number of nitrogens with one attached hydrogen (secondary N) is 2. The standard InChI is InChI=1S/C23H30N4O2S/c1-18-5-4-6-19(15-18)16-26-11-13-27(14-12-26)22(28)17-25(2)23(30)24-20-7-9-21(29-3)10-8-20/h4-10,15H,11-14,16-17H2,1-3H3,(H,24,30)/p+1. The van der Waals surface area contributed by atoms with Crippen molar-refractivity contribution in [3.63, 3.8) is 0 Å². The van der Waals surface area contributed by atoms with E-state index >= 15 is 0 Å². The molecule has 1 heterocycles. The number of piperazine rings is 1.